The molecule has 1 saturated heterocycles. The molecule has 0 amide bonds. The van der Waals surface area contributed by atoms with E-state index in [0.29, 0.717) is 49.4 Å². The second kappa shape index (κ2) is 10.3. The summed E-state index contributed by atoms with van der Waals surface area (Å²) in [5.41, 5.74) is 0.861. The van der Waals surface area contributed by atoms with Gasteiger partial charge in [0.05, 0.1) is 25.4 Å². The lowest BCUT2D eigenvalue weighted by atomic mass is 9.53. The molecule has 2 bridgehead atoms. The van der Waals surface area contributed by atoms with Crippen LogP contribution in [-0.2, 0) is 16.7 Å². The van der Waals surface area contributed by atoms with Crippen molar-refractivity contribution in [2.24, 2.45) is 5.41 Å². The van der Waals surface area contributed by atoms with E-state index in [1.54, 1.807) is 10.6 Å². The van der Waals surface area contributed by atoms with E-state index in [4.69, 9.17) is 29.3 Å². The lowest BCUT2D eigenvalue weighted by molar-refractivity contribution is -0.00259. The number of fused-ring (bicyclic) bond motifs is 4. The van der Waals surface area contributed by atoms with Gasteiger partial charge in [0.25, 0.3) is 5.56 Å². The first-order valence-electron chi connectivity index (χ1n) is 14.0. The number of hydrogen-bond acceptors (Lipinski definition) is 8. The third kappa shape index (κ3) is 4.88. The van der Waals surface area contributed by atoms with Crippen molar-refractivity contribution in [1.82, 2.24) is 24.5 Å². The smallest absolute Gasteiger partial charge is 0.337 e. The average Bonchev–Trinajstić information content (AvgIpc) is 3.41. The minimum Gasteiger partial charge on any atom is -0.478 e. The first-order valence-corrected chi connectivity index (χ1v) is 14.0. The van der Waals surface area contributed by atoms with Gasteiger partial charge in [-0.25, -0.2) is 14.8 Å². The quantitative estimate of drug-likeness (QED) is 0.416. The molecule has 2 N–H and O–H groups in total. The van der Waals surface area contributed by atoms with Crippen molar-refractivity contribution < 1.29 is 24.1 Å². The molecule has 7 rings (SSSR count). The van der Waals surface area contributed by atoms with Crippen LogP contribution < -0.4 is 15.0 Å². The zero-order valence-electron chi connectivity index (χ0n) is 22.3. The lowest BCUT2D eigenvalue weighted by Gasteiger charge is -2.52. The highest BCUT2D eigenvalue weighted by Gasteiger charge is 2.51. The van der Waals surface area contributed by atoms with Crippen LogP contribution in [-0.4, -0.2) is 61.5 Å². The summed E-state index contributed by atoms with van der Waals surface area (Å²) in [6, 6.07) is 3.48. The standard InChI is InChI=1S/C28H35N5O6/c1-2-13-33-23(34)21-22(32-26(33)39-19-5-14-37-15-6-19)31-25(30-21)28-10-7-27(8-11-28,9-12-28)17-38-20-4-3-18(16-29-20)24(35)36/h3-4,16,19H,2,5-15,17H2,1H3,(H,30,31)(H,35,36). The number of hydrogen-bond donors (Lipinski definition) is 2. The highest BCUT2D eigenvalue weighted by Crippen LogP contribution is 2.57. The molecule has 0 atom stereocenters. The van der Waals surface area contributed by atoms with Crippen molar-refractivity contribution in [2.45, 2.75) is 82.8 Å². The molecule has 1 aliphatic heterocycles. The maximum atomic E-state index is 13.5. The fourth-order valence-electron chi connectivity index (χ4n) is 6.33. The summed E-state index contributed by atoms with van der Waals surface area (Å²) in [7, 11) is 0. The zero-order chi connectivity index (χ0) is 27.0. The second-order valence-electron chi connectivity index (χ2n) is 11.3. The molecule has 11 heteroatoms. The Morgan fingerprint density at radius 1 is 1.15 bits per heavy atom. The van der Waals surface area contributed by atoms with Crippen LogP contribution in [0.5, 0.6) is 11.9 Å². The van der Waals surface area contributed by atoms with Crippen LogP contribution in [0, 0.1) is 5.41 Å². The van der Waals surface area contributed by atoms with Crippen LogP contribution in [0.2, 0.25) is 0 Å². The van der Waals surface area contributed by atoms with E-state index in [1.807, 2.05) is 6.92 Å². The summed E-state index contributed by atoms with van der Waals surface area (Å²) >= 11 is 0. The fourth-order valence-corrected chi connectivity index (χ4v) is 6.33. The molecule has 3 aliphatic carbocycles. The summed E-state index contributed by atoms with van der Waals surface area (Å²) in [6.07, 6.45) is 9.50. The molecule has 0 radical (unpaired) electrons. The van der Waals surface area contributed by atoms with Gasteiger partial charge in [-0.05, 0) is 51.0 Å². The first-order chi connectivity index (χ1) is 18.9. The fraction of sp³-hybridized carbons (Fsp3) is 0.607. The van der Waals surface area contributed by atoms with Crippen molar-refractivity contribution in [3.8, 4) is 11.9 Å². The van der Waals surface area contributed by atoms with Gasteiger partial charge >= 0.3 is 12.0 Å². The van der Waals surface area contributed by atoms with E-state index in [1.165, 1.54) is 12.3 Å². The molecule has 208 valence electrons. The van der Waals surface area contributed by atoms with Gasteiger partial charge in [-0.15, -0.1) is 0 Å². The van der Waals surface area contributed by atoms with Gasteiger partial charge in [0.1, 0.15) is 11.9 Å². The number of carboxylic acids is 1. The predicted molar refractivity (Wildman–Crippen MR) is 141 cm³/mol. The van der Waals surface area contributed by atoms with Crippen LogP contribution in [0.15, 0.2) is 23.1 Å². The Labute approximate surface area is 225 Å². The third-order valence-corrected chi connectivity index (χ3v) is 8.88. The number of rotatable bonds is 9. The lowest BCUT2D eigenvalue weighted by Crippen LogP contribution is -2.47. The predicted octanol–water partition coefficient (Wildman–Crippen LogP) is 3.85. The Hall–Kier alpha value is -3.47. The average molecular weight is 538 g/mol. The maximum Gasteiger partial charge on any atom is 0.337 e. The Morgan fingerprint density at radius 2 is 1.90 bits per heavy atom. The molecule has 11 nitrogen and oxygen atoms in total. The largest absolute Gasteiger partial charge is 0.478 e. The summed E-state index contributed by atoms with van der Waals surface area (Å²) in [4.78, 5) is 41.7. The van der Waals surface area contributed by atoms with Gasteiger partial charge in [-0.2, -0.15) is 4.98 Å². The molecule has 4 heterocycles. The first kappa shape index (κ1) is 25.8. The van der Waals surface area contributed by atoms with Crippen LogP contribution in [0.4, 0.5) is 0 Å². The van der Waals surface area contributed by atoms with Crippen molar-refractivity contribution >= 4 is 17.1 Å². The minimum absolute atomic E-state index is 0.0134. The number of imidazole rings is 1. The molecule has 3 aromatic heterocycles. The summed E-state index contributed by atoms with van der Waals surface area (Å²) < 4.78 is 19.3. The SMILES string of the molecule is CCCn1c(OC2CCOCC2)nc2nc(C34CCC(COc5ccc(C(=O)O)cn5)(CC3)CC4)[nH]c2c1=O. The van der Waals surface area contributed by atoms with Crippen LogP contribution in [0.3, 0.4) is 0 Å². The Kier molecular flexibility index (Phi) is 6.78. The van der Waals surface area contributed by atoms with Crippen molar-refractivity contribution in [3.05, 3.63) is 40.1 Å². The van der Waals surface area contributed by atoms with Crippen molar-refractivity contribution in [1.29, 1.82) is 0 Å². The molecule has 4 fully saturated rings. The molecule has 0 aromatic carbocycles. The molecule has 4 aliphatic rings. The number of nitrogens with zero attached hydrogens (tertiary/aromatic N) is 4. The van der Waals surface area contributed by atoms with Gasteiger partial charge < -0.3 is 24.3 Å². The second-order valence-corrected chi connectivity index (χ2v) is 11.3. The number of aromatic nitrogens is 5. The summed E-state index contributed by atoms with van der Waals surface area (Å²) in [6.45, 7) is 4.43. The van der Waals surface area contributed by atoms with Crippen molar-refractivity contribution in [2.75, 3.05) is 19.8 Å². The van der Waals surface area contributed by atoms with Gasteiger partial charge in [0, 0.05) is 42.5 Å². The Bertz CT molecular complexity index is 1380. The highest BCUT2D eigenvalue weighted by molar-refractivity contribution is 5.87. The Morgan fingerprint density at radius 3 is 2.54 bits per heavy atom. The highest BCUT2D eigenvalue weighted by atomic mass is 16.5. The monoisotopic (exact) mass is 537 g/mol. The normalized spacial score (nSPS) is 25.2. The number of carboxylic acid groups (broad SMARTS) is 1. The van der Waals surface area contributed by atoms with E-state index in [-0.39, 0.29) is 28.1 Å². The van der Waals surface area contributed by atoms with Crippen LogP contribution in [0.1, 0.15) is 80.9 Å². The molecule has 3 saturated carbocycles. The van der Waals surface area contributed by atoms with Gasteiger partial charge in [-0.1, -0.05) is 6.92 Å². The number of ether oxygens (including phenoxy) is 3. The van der Waals surface area contributed by atoms with E-state index in [9.17, 15) is 9.59 Å². The molecule has 3 aromatic rings. The number of carbonyl (C=O) groups is 1. The van der Waals surface area contributed by atoms with E-state index < -0.39 is 5.97 Å². The van der Waals surface area contributed by atoms with Crippen molar-refractivity contribution in [3.63, 3.8) is 0 Å². The number of aromatic amines is 1. The number of aromatic carboxylic acids is 1. The molecule has 0 unspecified atom stereocenters. The van der Waals surface area contributed by atoms with E-state index >= 15 is 0 Å². The molecule has 0 spiro atoms. The zero-order valence-corrected chi connectivity index (χ0v) is 22.3. The number of pyridine rings is 1. The van der Waals surface area contributed by atoms with Crippen LogP contribution in [0.25, 0.3) is 11.2 Å². The topological polar surface area (TPSA) is 141 Å². The van der Waals surface area contributed by atoms with Crippen LogP contribution >= 0.6 is 0 Å². The molecular weight excluding hydrogens is 502 g/mol. The minimum atomic E-state index is -1.00. The Balaban J connectivity index is 1.19. The van der Waals surface area contributed by atoms with E-state index in [0.717, 1.165) is 63.6 Å². The maximum absolute atomic E-state index is 13.5. The number of nitrogens with one attached hydrogen (secondary N) is 1. The van der Waals surface area contributed by atoms with Gasteiger partial charge in [0.2, 0.25) is 5.88 Å². The number of H-pyrrole nitrogens is 1. The van der Waals surface area contributed by atoms with E-state index in [2.05, 4.69) is 9.97 Å². The summed E-state index contributed by atoms with van der Waals surface area (Å²) in [5, 5.41) is 9.07. The third-order valence-electron chi connectivity index (χ3n) is 8.88. The van der Waals surface area contributed by atoms with Gasteiger partial charge in [0.15, 0.2) is 11.2 Å². The van der Waals surface area contributed by atoms with Gasteiger partial charge in [-0.3, -0.25) is 9.36 Å². The molecule has 39 heavy (non-hydrogen) atoms. The molecular formula is C28H35N5O6. The summed E-state index contributed by atoms with van der Waals surface area (Å²) in [5.74, 6) is 0.299.